The summed E-state index contributed by atoms with van der Waals surface area (Å²) in [6.45, 7) is 5.33. The lowest BCUT2D eigenvalue weighted by molar-refractivity contribution is -0.0422. The first-order valence-corrected chi connectivity index (χ1v) is 12.5. The van der Waals surface area contributed by atoms with Crippen LogP contribution in [0.2, 0.25) is 0 Å². The van der Waals surface area contributed by atoms with E-state index in [1.807, 2.05) is 19.9 Å². The van der Waals surface area contributed by atoms with Gasteiger partial charge in [0.1, 0.15) is 11.3 Å². The lowest BCUT2D eigenvalue weighted by Gasteiger charge is -2.44. The van der Waals surface area contributed by atoms with Crippen LogP contribution in [0, 0.1) is 11.8 Å². The Morgan fingerprint density at radius 1 is 1.42 bits per heavy atom. The highest BCUT2D eigenvalue weighted by Gasteiger charge is 2.48. The minimum absolute atomic E-state index is 0.0134. The number of anilines is 1. The molecule has 0 spiro atoms. The van der Waals surface area contributed by atoms with Crippen molar-refractivity contribution >= 4 is 29.0 Å². The maximum Gasteiger partial charge on any atom is 0.259 e. The molecule has 0 aromatic carbocycles. The van der Waals surface area contributed by atoms with Crippen molar-refractivity contribution in [2.45, 2.75) is 43.8 Å². The summed E-state index contributed by atoms with van der Waals surface area (Å²) in [7, 11) is 1.58. The third kappa shape index (κ3) is 4.47. The number of nitrogens with one attached hydrogen (secondary N) is 3. The third-order valence-corrected chi connectivity index (χ3v) is 7.65. The number of aromatic nitrogens is 4. The Hall–Kier alpha value is -2.99. The number of rotatable bonds is 7. The van der Waals surface area contributed by atoms with Gasteiger partial charge in [0.25, 0.3) is 5.91 Å². The number of hydrazine groups is 1. The number of halogens is 1. The predicted octanol–water partition coefficient (Wildman–Crippen LogP) is 1.63. The molecule has 1 saturated carbocycles. The minimum Gasteiger partial charge on any atom is -0.495 e. The van der Waals surface area contributed by atoms with Gasteiger partial charge in [-0.1, -0.05) is 0 Å². The first-order valence-electron chi connectivity index (χ1n) is 12.1. The summed E-state index contributed by atoms with van der Waals surface area (Å²) in [6.07, 6.45) is 5.66. The molecule has 11 nitrogen and oxygen atoms in total. The molecule has 3 aromatic heterocycles. The van der Waals surface area contributed by atoms with Crippen LogP contribution in [0.25, 0.3) is 16.9 Å². The Kier molecular flexibility index (Phi) is 6.98. The fourth-order valence-electron chi connectivity index (χ4n) is 5.33. The number of methoxy groups -OCH3 is 1. The van der Waals surface area contributed by atoms with Crippen molar-refractivity contribution in [2.24, 2.45) is 11.8 Å². The second-order valence-corrected chi connectivity index (χ2v) is 9.83. The average molecular weight is 515 g/mol. The zero-order valence-corrected chi connectivity index (χ0v) is 21.2. The number of nitrogens with two attached hydrogens (primary N) is 1. The molecule has 5 N–H and O–H groups in total. The predicted molar refractivity (Wildman–Crippen MR) is 136 cm³/mol. The van der Waals surface area contributed by atoms with Crippen LogP contribution >= 0.6 is 11.6 Å². The van der Waals surface area contributed by atoms with Crippen LogP contribution in [0.5, 0.6) is 5.75 Å². The van der Waals surface area contributed by atoms with Crippen molar-refractivity contribution in [1.82, 2.24) is 35.8 Å². The van der Waals surface area contributed by atoms with Gasteiger partial charge in [0.2, 0.25) is 0 Å². The summed E-state index contributed by atoms with van der Waals surface area (Å²) >= 11 is 6.75. The number of carbonyl (C=O) groups is 1. The maximum atomic E-state index is 13.5. The number of carbonyl (C=O) groups excluding carboxylic acids is 1. The average Bonchev–Trinajstić information content (AvgIpc) is 3.49. The Morgan fingerprint density at radius 2 is 2.25 bits per heavy atom. The highest BCUT2D eigenvalue weighted by molar-refractivity contribution is 6.21. The summed E-state index contributed by atoms with van der Waals surface area (Å²) in [5.41, 5.74) is 14.7. The number of fused-ring (bicyclic) bond motifs is 2. The van der Waals surface area contributed by atoms with Gasteiger partial charge in [-0.05, 0) is 32.4 Å². The molecule has 4 heterocycles. The van der Waals surface area contributed by atoms with Gasteiger partial charge >= 0.3 is 0 Å². The molecule has 12 heteroatoms. The van der Waals surface area contributed by atoms with Crippen LogP contribution < -0.4 is 26.6 Å². The van der Waals surface area contributed by atoms with Crippen molar-refractivity contribution in [3.63, 3.8) is 0 Å². The summed E-state index contributed by atoms with van der Waals surface area (Å²) in [4.78, 5) is 22.4. The van der Waals surface area contributed by atoms with Gasteiger partial charge in [0.05, 0.1) is 31.1 Å². The summed E-state index contributed by atoms with van der Waals surface area (Å²) in [6, 6.07) is 3.47. The molecule has 0 bridgehead atoms. The molecule has 3 aromatic rings. The molecule has 1 amide bonds. The van der Waals surface area contributed by atoms with Gasteiger partial charge < -0.3 is 20.5 Å². The zero-order chi connectivity index (χ0) is 25.4. The van der Waals surface area contributed by atoms with Crippen molar-refractivity contribution < 1.29 is 14.3 Å². The number of alkyl halides is 1. The van der Waals surface area contributed by atoms with Crippen LogP contribution in [-0.2, 0) is 4.74 Å². The summed E-state index contributed by atoms with van der Waals surface area (Å²) in [5, 5.41) is 7.38. The normalized spacial score (nSPS) is 26.5. The molecular formula is C24H31ClN8O3. The summed E-state index contributed by atoms with van der Waals surface area (Å²) < 4.78 is 12.9. The monoisotopic (exact) mass is 514 g/mol. The van der Waals surface area contributed by atoms with Gasteiger partial charge in [0.15, 0.2) is 11.5 Å². The van der Waals surface area contributed by atoms with Gasteiger partial charge in [-0.3, -0.25) is 20.6 Å². The van der Waals surface area contributed by atoms with Gasteiger partial charge in [-0.15, -0.1) is 16.7 Å². The zero-order valence-electron chi connectivity index (χ0n) is 20.4. The van der Waals surface area contributed by atoms with E-state index in [-0.39, 0.29) is 52.7 Å². The second kappa shape index (κ2) is 10.2. The number of amides is 1. The number of pyridine rings is 1. The van der Waals surface area contributed by atoms with E-state index in [0.717, 1.165) is 18.5 Å². The van der Waals surface area contributed by atoms with Crippen molar-refractivity contribution in [1.29, 1.82) is 0 Å². The van der Waals surface area contributed by atoms with E-state index in [1.54, 1.807) is 31.8 Å². The number of nitrogen functional groups attached to an aromatic ring is 1. The topological polar surface area (TPSA) is 141 Å². The third-order valence-electron chi connectivity index (χ3n) is 7.15. The molecule has 2 fully saturated rings. The molecule has 1 aliphatic carbocycles. The Labute approximate surface area is 214 Å². The largest absolute Gasteiger partial charge is 0.495 e. The number of hydrogen-bond acceptors (Lipinski definition) is 9. The van der Waals surface area contributed by atoms with Crippen molar-refractivity contribution in [3.8, 4) is 17.0 Å². The highest BCUT2D eigenvalue weighted by atomic mass is 35.5. The molecular weight excluding hydrogens is 484 g/mol. The van der Waals surface area contributed by atoms with E-state index in [0.29, 0.717) is 23.7 Å². The van der Waals surface area contributed by atoms with E-state index >= 15 is 0 Å². The van der Waals surface area contributed by atoms with Crippen LogP contribution in [0.1, 0.15) is 30.6 Å². The Morgan fingerprint density at radius 3 is 3.03 bits per heavy atom. The van der Waals surface area contributed by atoms with E-state index in [1.165, 1.54) is 4.52 Å². The smallest absolute Gasteiger partial charge is 0.259 e. The molecule has 1 saturated heterocycles. The minimum atomic E-state index is -0.343. The Bertz CT molecular complexity index is 1250. The van der Waals surface area contributed by atoms with Gasteiger partial charge in [-0.25, -0.2) is 9.50 Å². The molecule has 36 heavy (non-hydrogen) atoms. The van der Waals surface area contributed by atoms with Crippen LogP contribution in [0.15, 0.2) is 30.7 Å². The van der Waals surface area contributed by atoms with Crippen LogP contribution in [0.4, 0.5) is 5.82 Å². The number of nitrogens with zero attached hydrogens (tertiary/aromatic N) is 4. The second-order valence-electron chi connectivity index (χ2n) is 9.27. The van der Waals surface area contributed by atoms with Crippen molar-refractivity contribution in [2.75, 3.05) is 26.0 Å². The fraction of sp³-hybridized carbons (Fsp3) is 0.500. The van der Waals surface area contributed by atoms with E-state index in [4.69, 9.17) is 26.8 Å². The molecule has 6 unspecified atom stereocenters. The van der Waals surface area contributed by atoms with E-state index in [9.17, 15) is 4.79 Å². The molecule has 5 rings (SSSR count). The van der Waals surface area contributed by atoms with Gasteiger partial charge in [0, 0.05) is 54.4 Å². The molecule has 6 atom stereocenters. The lowest BCUT2D eigenvalue weighted by atomic mass is 9.73. The van der Waals surface area contributed by atoms with Crippen LogP contribution in [-0.4, -0.2) is 69.3 Å². The SMILES string of the molecule is CCOC1C(C(C)NC(=O)c2c(N)nn3ccc(-c4cncc(OC)c4)nc23)CC(Cl)C2CNNC21. The lowest BCUT2D eigenvalue weighted by Crippen LogP contribution is -2.58. The standard InChI is InChI=1S/C24H31ClN8O3/c1-4-36-21-15(8-17(25)16-11-28-31-20(16)21)12(2)29-24(34)19-22(26)32-33-6-5-18(30-23(19)33)13-7-14(35-3)10-27-9-13/h5-7,9-10,12,15-17,20-21,28,31H,4,8,11H2,1-3H3,(H2,26,32)(H,29,34). The van der Waals surface area contributed by atoms with Gasteiger partial charge in [-0.2, -0.15) is 0 Å². The quantitative estimate of drug-likeness (QED) is 0.346. The first-order chi connectivity index (χ1) is 17.4. The number of hydrogen-bond donors (Lipinski definition) is 4. The van der Waals surface area contributed by atoms with Crippen LogP contribution in [0.3, 0.4) is 0 Å². The van der Waals surface area contributed by atoms with Crippen molar-refractivity contribution in [3.05, 3.63) is 36.3 Å². The molecule has 1 aliphatic heterocycles. The molecule has 0 radical (unpaired) electrons. The first kappa shape index (κ1) is 24.7. The van der Waals surface area contributed by atoms with E-state index in [2.05, 4.69) is 31.2 Å². The van der Waals surface area contributed by atoms with E-state index < -0.39 is 0 Å². The fourth-order valence-corrected chi connectivity index (χ4v) is 5.78. The molecule has 192 valence electrons. The molecule has 2 aliphatic rings. The Balaban J connectivity index is 1.41. The maximum absolute atomic E-state index is 13.5. The highest BCUT2D eigenvalue weighted by Crippen LogP contribution is 2.38. The summed E-state index contributed by atoms with van der Waals surface area (Å²) in [5.74, 6) is 0.655. The number of ether oxygens (including phenoxy) is 2.